The molecule has 2 rings (SSSR count). The van der Waals surface area contributed by atoms with Crippen molar-refractivity contribution in [2.45, 2.75) is 13.8 Å². The molecule has 1 aromatic carbocycles. The molecule has 6 heteroatoms. The number of fused-ring (bicyclic) bond motifs is 1. The molecular formula is C15H17FN2O3. The second kappa shape index (κ2) is 6.05. The van der Waals surface area contributed by atoms with Gasteiger partial charge in [0.15, 0.2) is 0 Å². The maximum Gasteiger partial charge on any atom is 0.259 e. The van der Waals surface area contributed by atoms with E-state index in [4.69, 9.17) is 5.11 Å². The van der Waals surface area contributed by atoms with Gasteiger partial charge in [0.25, 0.3) is 5.91 Å². The highest BCUT2D eigenvalue weighted by atomic mass is 19.1. The van der Waals surface area contributed by atoms with Crippen molar-refractivity contribution in [3.63, 3.8) is 0 Å². The molecule has 2 aromatic rings. The summed E-state index contributed by atoms with van der Waals surface area (Å²) in [6.07, 6.45) is 1.35. The van der Waals surface area contributed by atoms with Crippen LogP contribution in [0.15, 0.2) is 23.1 Å². The normalized spacial score (nSPS) is 10.9. The maximum atomic E-state index is 13.5. The molecule has 1 amide bonds. The van der Waals surface area contributed by atoms with Gasteiger partial charge in [0.2, 0.25) is 5.43 Å². The Balaban J connectivity index is 2.59. The molecule has 0 saturated carbocycles. The molecule has 1 aromatic heterocycles. The van der Waals surface area contributed by atoms with E-state index in [0.29, 0.717) is 17.6 Å². The lowest BCUT2D eigenvalue weighted by Crippen LogP contribution is -2.36. The first-order valence-corrected chi connectivity index (χ1v) is 6.71. The van der Waals surface area contributed by atoms with Gasteiger partial charge in [0.1, 0.15) is 11.4 Å². The number of benzene rings is 1. The molecule has 0 radical (unpaired) electrons. The topological polar surface area (TPSA) is 73.4 Å². The molecule has 0 bridgehead atoms. The minimum absolute atomic E-state index is 0.0530. The molecule has 112 valence electrons. The summed E-state index contributed by atoms with van der Waals surface area (Å²) in [5, 5.41) is 9.10. The number of halogens is 1. The van der Waals surface area contributed by atoms with E-state index in [1.165, 1.54) is 17.2 Å². The van der Waals surface area contributed by atoms with Crippen LogP contribution in [0, 0.1) is 12.7 Å². The number of amides is 1. The Morgan fingerprint density at radius 3 is 2.76 bits per heavy atom. The number of aryl methyl sites for hydroxylation is 1. The van der Waals surface area contributed by atoms with E-state index in [1.54, 1.807) is 13.8 Å². The molecule has 1 heterocycles. The van der Waals surface area contributed by atoms with Crippen LogP contribution in [0.4, 0.5) is 4.39 Å². The monoisotopic (exact) mass is 292 g/mol. The third kappa shape index (κ3) is 2.80. The number of nitrogens with one attached hydrogen (secondary N) is 1. The van der Waals surface area contributed by atoms with Gasteiger partial charge in [-0.1, -0.05) is 0 Å². The van der Waals surface area contributed by atoms with Crippen LogP contribution in [0.2, 0.25) is 0 Å². The van der Waals surface area contributed by atoms with Crippen LogP contribution in [0.1, 0.15) is 22.8 Å². The molecule has 0 saturated heterocycles. The first kappa shape index (κ1) is 15.2. The zero-order valence-electron chi connectivity index (χ0n) is 11.9. The number of nitrogens with zero attached hydrogens (tertiary/aromatic N) is 1. The number of aliphatic hydroxyl groups is 1. The van der Waals surface area contributed by atoms with E-state index in [1.807, 2.05) is 0 Å². The SMILES string of the molecule is CCN(CCO)C(=O)c1c[nH]c2c(C)cc(F)cc2c1=O. The number of aromatic nitrogens is 1. The molecule has 21 heavy (non-hydrogen) atoms. The van der Waals surface area contributed by atoms with Gasteiger partial charge in [-0.05, 0) is 31.5 Å². The first-order chi connectivity index (χ1) is 9.99. The Labute approximate surface area is 121 Å². The number of H-pyrrole nitrogens is 1. The van der Waals surface area contributed by atoms with Crippen LogP contribution in [-0.4, -0.2) is 40.6 Å². The third-order valence-electron chi connectivity index (χ3n) is 3.42. The number of hydrogen-bond donors (Lipinski definition) is 2. The second-order valence-electron chi connectivity index (χ2n) is 4.79. The van der Waals surface area contributed by atoms with E-state index in [-0.39, 0.29) is 24.1 Å². The highest BCUT2D eigenvalue weighted by Crippen LogP contribution is 2.16. The fourth-order valence-corrected chi connectivity index (χ4v) is 2.32. The third-order valence-corrected chi connectivity index (χ3v) is 3.42. The van der Waals surface area contributed by atoms with Gasteiger partial charge >= 0.3 is 0 Å². The van der Waals surface area contributed by atoms with Crippen LogP contribution in [0.3, 0.4) is 0 Å². The fourth-order valence-electron chi connectivity index (χ4n) is 2.32. The molecule has 0 spiro atoms. The summed E-state index contributed by atoms with van der Waals surface area (Å²) < 4.78 is 13.5. The minimum atomic E-state index is -0.516. The van der Waals surface area contributed by atoms with Gasteiger partial charge < -0.3 is 15.0 Å². The maximum absolute atomic E-state index is 13.5. The predicted molar refractivity (Wildman–Crippen MR) is 77.9 cm³/mol. The summed E-state index contributed by atoms with van der Waals surface area (Å²) in [5.74, 6) is -0.991. The largest absolute Gasteiger partial charge is 0.395 e. The van der Waals surface area contributed by atoms with Gasteiger partial charge in [-0.25, -0.2) is 4.39 Å². The number of likely N-dealkylation sites (N-methyl/N-ethyl adjacent to an activating group) is 1. The van der Waals surface area contributed by atoms with Gasteiger partial charge in [0.05, 0.1) is 12.1 Å². The Hall–Kier alpha value is -2.21. The van der Waals surface area contributed by atoms with Crippen molar-refractivity contribution < 1.29 is 14.3 Å². The van der Waals surface area contributed by atoms with Crippen LogP contribution in [0.5, 0.6) is 0 Å². The van der Waals surface area contributed by atoms with E-state index >= 15 is 0 Å². The summed E-state index contributed by atoms with van der Waals surface area (Å²) in [6.45, 7) is 3.78. The number of carbonyl (C=O) groups is 1. The van der Waals surface area contributed by atoms with E-state index in [9.17, 15) is 14.0 Å². The molecule has 2 N–H and O–H groups in total. The molecular weight excluding hydrogens is 275 g/mol. The number of hydrogen-bond acceptors (Lipinski definition) is 3. The average molecular weight is 292 g/mol. The summed E-state index contributed by atoms with van der Waals surface area (Å²) >= 11 is 0. The Bertz CT molecular complexity index is 740. The molecule has 5 nitrogen and oxygen atoms in total. The fraction of sp³-hybridized carbons (Fsp3) is 0.333. The molecule has 0 aliphatic rings. The van der Waals surface area contributed by atoms with Crippen molar-refractivity contribution in [1.29, 1.82) is 0 Å². The Morgan fingerprint density at radius 1 is 1.43 bits per heavy atom. The summed E-state index contributed by atoms with van der Waals surface area (Å²) in [5.41, 5.74) is 0.558. The minimum Gasteiger partial charge on any atom is -0.395 e. The van der Waals surface area contributed by atoms with Crippen LogP contribution >= 0.6 is 0 Å². The van der Waals surface area contributed by atoms with E-state index in [0.717, 1.165) is 6.07 Å². The van der Waals surface area contributed by atoms with Gasteiger partial charge in [0, 0.05) is 24.7 Å². The lowest BCUT2D eigenvalue weighted by molar-refractivity contribution is 0.0730. The number of pyridine rings is 1. The lowest BCUT2D eigenvalue weighted by atomic mass is 10.1. The lowest BCUT2D eigenvalue weighted by Gasteiger charge is -2.19. The number of aliphatic hydroxyl groups excluding tert-OH is 1. The van der Waals surface area contributed by atoms with E-state index < -0.39 is 17.2 Å². The first-order valence-electron chi connectivity index (χ1n) is 6.71. The summed E-state index contributed by atoms with van der Waals surface area (Å²) in [7, 11) is 0. The molecule has 0 unspecified atom stereocenters. The van der Waals surface area contributed by atoms with Gasteiger partial charge in [-0.2, -0.15) is 0 Å². The number of rotatable bonds is 4. The Morgan fingerprint density at radius 2 is 2.14 bits per heavy atom. The number of carbonyl (C=O) groups excluding carboxylic acids is 1. The van der Waals surface area contributed by atoms with E-state index in [2.05, 4.69) is 4.98 Å². The molecule has 0 aliphatic heterocycles. The molecule has 0 aliphatic carbocycles. The zero-order chi connectivity index (χ0) is 15.6. The zero-order valence-corrected chi connectivity index (χ0v) is 11.9. The predicted octanol–water partition coefficient (Wildman–Crippen LogP) is 1.43. The van der Waals surface area contributed by atoms with Crippen molar-refractivity contribution >= 4 is 16.8 Å². The molecule has 0 atom stereocenters. The van der Waals surface area contributed by atoms with Gasteiger partial charge in [-0.15, -0.1) is 0 Å². The summed E-state index contributed by atoms with van der Waals surface area (Å²) in [4.78, 5) is 28.9. The van der Waals surface area contributed by atoms with Crippen LogP contribution in [-0.2, 0) is 0 Å². The quantitative estimate of drug-likeness (QED) is 0.895. The Kier molecular flexibility index (Phi) is 4.37. The number of aromatic amines is 1. The molecule has 0 fully saturated rings. The second-order valence-corrected chi connectivity index (χ2v) is 4.79. The van der Waals surface area contributed by atoms with Crippen molar-refractivity contribution in [3.8, 4) is 0 Å². The highest BCUT2D eigenvalue weighted by molar-refractivity contribution is 5.97. The van der Waals surface area contributed by atoms with Crippen molar-refractivity contribution in [3.05, 3.63) is 45.5 Å². The average Bonchev–Trinajstić information content (AvgIpc) is 2.45. The van der Waals surface area contributed by atoms with Gasteiger partial charge in [-0.3, -0.25) is 9.59 Å². The standard InChI is InChI=1S/C15H17FN2O3/c1-3-18(4-5-19)15(21)12-8-17-13-9(2)6-10(16)7-11(13)14(12)20/h6-8,19H,3-5H2,1-2H3,(H,17,20). The van der Waals surface area contributed by atoms with Crippen LogP contribution in [0.25, 0.3) is 10.9 Å². The smallest absolute Gasteiger partial charge is 0.259 e. The highest BCUT2D eigenvalue weighted by Gasteiger charge is 2.19. The van der Waals surface area contributed by atoms with Crippen molar-refractivity contribution in [2.75, 3.05) is 19.7 Å². The van der Waals surface area contributed by atoms with Crippen molar-refractivity contribution in [2.24, 2.45) is 0 Å². The van der Waals surface area contributed by atoms with Crippen molar-refractivity contribution in [1.82, 2.24) is 9.88 Å². The summed E-state index contributed by atoms with van der Waals surface area (Å²) in [6, 6.07) is 2.45. The van der Waals surface area contributed by atoms with Crippen LogP contribution < -0.4 is 5.43 Å².